The molecule has 2 bridgehead atoms. The smallest absolute Gasteiger partial charge is 0.496 e. The van der Waals surface area contributed by atoms with Crippen LogP contribution in [-0.2, 0) is 14.6 Å². The highest BCUT2D eigenvalue weighted by atomic mass is 32.2. The number of anilines is 1. The molecule has 0 spiro atoms. The molecule has 0 aliphatic heterocycles. The Balaban J connectivity index is 1.56. The van der Waals surface area contributed by atoms with E-state index in [0.717, 1.165) is 18.2 Å². The Hall–Kier alpha value is -3.48. The molecule has 36 heavy (non-hydrogen) atoms. The second kappa shape index (κ2) is 9.19. The number of hydrogen-bond donors (Lipinski definition) is 2. The highest BCUT2D eigenvalue weighted by molar-refractivity contribution is 7.92. The number of ether oxygens (including phenoxy) is 1. The van der Waals surface area contributed by atoms with Crippen LogP contribution in [0.3, 0.4) is 0 Å². The van der Waals surface area contributed by atoms with E-state index in [2.05, 4.69) is 10.6 Å². The Morgan fingerprint density at radius 3 is 2.36 bits per heavy atom. The van der Waals surface area contributed by atoms with E-state index in [0.29, 0.717) is 18.6 Å². The van der Waals surface area contributed by atoms with Gasteiger partial charge in [-0.15, -0.1) is 0 Å². The van der Waals surface area contributed by atoms with Crippen molar-refractivity contribution >= 4 is 27.3 Å². The van der Waals surface area contributed by atoms with Crippen molar-refractivity contribution in [1.82, 2.24) is 5.32 Å². The van der Waals surface area contributed by atoms with Crippen molar-refractivity contribution in [2.45, 2.75) is 22.9 Å². The zero-order valence-electron chi connectivity index (χ0n) is 18.5. The molecular formula is C23H19F5N2O5S. The number of allylic oxidation sites excluding steroid dienone is 1. The summed E-state index contributed by atoms with van der Waals surface area (Å²) in [7, 11) is -4.45. The van der Waals surface area contributed by atoms with Crippen molar-refractivity contribution in [3.05, 3.63) is 65.7 Å². The Morgan fingerprint density at radius 1 is 1.03 bits per heavy atom. The van der Waals surface area contributed by atoms with Crippen molar-refractivity contribution in [2.24, 2.45) is 17.8 Å². The number of halogens is 5. The standard InChI is InChI=1S/C23H19F5N2O5S/c1-35-18-10-17(25)16(24)9-15(18)21(31)30-20-12-6-5-11(7-12)19(20)22(32)29-13-3-2-4-14(8-13)36(33,34)23(26,27)28/h2-6,8-12,19-20H,7H2,1H3,(H,29,32)(H,30,31)/t11-,12+,19+,20-/m0/s1. The first-order chi connectivity index (χ1) is 16.8. The van der Waals surface area contributed by atoms with Gasteiger partial charge in [0.1, 0.15) is 5.75 Å². The Labute approximate surface area is 202 Å². The molecule has 2 amide bonds. The molecule has 2 aromatic carbocycles. The number of methoxy groups -OCH3 is 1. The fourth-order valence-electron chi connectivity index (χ4n) is 4.58. The van der Waals surface area contributed by atoms with Gasteiger partial charge in [-0.2, -0.15) is 13.2 Å². The van der Waals surface area contributed by atoms with Crippen LogP contribution in [0.25, 0.3) is 0 Å². The van der Waals surface area contributed by atoms with Crippen LogP contribution in [0.4, 0.5) is 27.6 Å². The molecule has 4 rings (SSSR count). The van der Waals surface area contributed by atoms with E-state index in [4.69, 9.17) is 4.74 Å². The summed E-state index contributed by atoms with van der Waals surface area (Å²) >= 11 is 0. The molecule has 4 atom stereocenters. The molecule has 2 aromatic rings. The number of carbonyl (C=O) groups excluding carboxylic acids is 2. The lowest BCUT2D eigenvalue weighted by molar-refractivity contribution is -0.121. The van der Waals surface area contributed by atoms with Crippen LogP contribution in [0, 0.1) is 29.4 Å². The Morgan fingerprint density at radius 2 is 1.69 bits per heavy atom. The van der Waals surface area contributed by atoms with Crippen LogP contribution in [-0.4, -0.2) is 38.9 Å². The van der Waals surface area contributed by atoms with Gasteiger partial charge < -0.3 is 15.4 Å². The van der Waals surface area contributed by atoms with Gasteiger partial charge >= 0.3 is 5.51 Å². The first-order valence-electron chi connectivity index (χ1n) is 10.6. The molecule has 0 heterocycles. The quantitative estimate of drug-likeness (QED) is 0.437. The number of carbonyl (C=O) groups is 2. The minimum absolute atomic E-state index is 0.176. The molecule has 0 aromatic heterocycles. The first-order valence-corrected chi connectivity index (χ1v) is 12.1. The van der Waals surface area contributed by atoms with E-state index in [1.165, 1.54) is 13.2 Å². The van der Waals surface area contributed by atoms with Gasteiger partial charge in [-0.25, -0.2) is 17.2 Å². The lowest BCUT2D eigenvalue weighted by atomic mass is 9.87. The van der Waals surface area contributed by atoms with Crippen molar-refractivity contribution in [3.8, 4) is 5.75 Å². The number of benzene rings is 2. The Kier molecular flexibility index (Phi) is 6.54. The molecule has 2 aliphatic rings. The topological polar surface area (TPSA) is 102 Å². The van der Waals surface area contributed by atoms with Crippen molar-refractivity contribution < 1.29 is 44.7 Å². The predicted molar refractivity (Wildman–Crippen MR) is 117 cm³/mol. The summed E-state index contributed by atoms with van der Waals surface area (Å²) in [5.74, 6) is -5.59. The monoisotopic (exact) mass is 530 g/mol. The van der Waals surface area contributed by atoms with Crippen LogP contribution < -0.4 is 15.4 Å². The second-order valence-electron chi connectivity index (χ2n) is 8.41. The summed E-state index contributed by atoms with van der Waals surface area (Å²) in [6, 6.07) is 4.37. The molecule has 0 saturated heterocycles. The van der Waals surface area contributed by atoms with Crippen LogP contribution in [0.15, 0.2) is 53.4 Å². The minimum Gasteiger partial charge on any atom is -0.496 e. The van der Waals surface area contributed by atoms with Gasteiger partial charge in [-0.3, -0.25) is 9.59 Å². The van der Waals surface area contributed by atoms with Crippen LogP contribution in [0.1, 0.15) is 16.8 Å². The molecular weight excluding hydrogens is 511 g/mol. The molecule has 2 aliphatic carbocycles. The number of alkyl halides is 3. The van der Waals surface area contributed by atoms with E-state index in [1.54, 1.807) is 12.2 Å². The fourth-order valence-corrected chi connectivity index (χ4v) is 5.39. The van der Waals surface area contributed by atoms with Gasteiger partial charge in [0, 0.05) is 17.8 Å². The lowest BCUT2D eigenvalue weighted by Gasteiger charge is -2.28. The number of fused-ring (bicyclic) bond motifs is 2. The molecule has 0 unspecified atom stereocenters. The lowest BCUT2D eigenvalue weighted by Crippen LogP contribution is -2.47. The second-order valence-corrected chi connectivity index (χ2v) is 10.3. The van der Waals surface area contributed by atoms with E-state index < -0.39 is 55.6 Å². The van der Waals surface area contributed by atoms with E-state index >= 15 is 0 Å². The number of amides is 2. The van der Waals surface area contributed by atoms with E-state index in [9.17, 15) is 40.0 Å². The van der Waals surface area contributed by atoms with Gasteiger partial charge in [-0.1, -0.05) is 18.2 Å². The number of rotatable bonds is 6. The average molecular weight is 530 g/mol. The van der Waals surface area contributed by atoms with Gasteiger partial charge in [0.2, 0.25) is 5.91 Å². The van der Waals surface area contributed by atoms with Gasteiger partial charge in [0.25, 0.3) is 15.7 Å². The zero-order valence-corrected chi connectivity index (χ0v) is 19.3. The largest absolute Gasteiger partial charge is 0.501 e. The number of nitrogens with one attached hydrogen (secondary N) is 2. The predicted octanol–water partition coefficient (Wildman–Crippen LogP) is 3.83. The third-order valence-electron chi connectivity index (χ3n) is 6.26. The summed E-state index contributed by atoms with van der Waals surface area (Å²) in [5.41, 5.74) is -5.97. The third kappa shape index (κ3) is 4.54. The first kappa shape index (κ1) is 25.6. The van der Waals surface area contributed by atoms with E-state index in [1.807, 2.05) is 0 Å². The molecule has 13 heteroatoms. The SMILES string of the molecule is COc1cc(F)c(F)cc1C(=O)N[C@@H]1[C@H](C(=O)Nc2cccc(S(=O)(=O)C(F)(F)F)c2)[C@H]2C=C[C@@H]1C2. The molecule has 7 nitrogen and oxygen atoms in total. The number of hydrogen-bond acceptors (Lipinski definition) is 5. The van der Waals surface area contributed by atoms with Crippen LogP contribution in [0.2, 0.25) is 0 Å². The summed E-state index contributed by atoms with van der Waals surface area (Å²) in [5, 5.41) is 5.08. The summed E-state index contributed by atoms with van der Waals surface area (Å²) < 4.78 is 94.3. The summed E-state index contributed by atoms with van der Waals surface area (Å²) in [6.07, 6.45) is 4.08. The fraction of sp³-hybridized carbons (Fsp3) is 0.304. The average Bonchev–Trinajstić information content (AvgIpc) is 3.41. The van der Waals surface area contributed by atoms with E-state index in [-0.39, 0.29) is 28.8 Å². The summed E-state index contributed by atoms with van der Waals surface area (Å²) in [4.78, 5) is 25.0. The maximum Gasteiger partial charge on any atom is 0.501 e. The maximum atomic E-state index is 13.8. The van der Waals surface area contributed by atoms with Crippen LogP contribution >= 0.6 is 0 Å². The number of sulfone groups is 1. The molecule has 2 N–H and O–H groups in total. The molecule has 1 saturated carbocycles. The highest BCUT2D eigenvalue weighted by Crippen LogP contribution is 2.44. The minimum atomic E-state index is -5.62. The van der Waals surface area contributed by atoms with Crippen LogP contribution in [0.5, 0.6) is 5.75 Å². The normalized spacial score (nSPS) is 22.9. The van der Waals surface area contributed by atoms with Crippen molar-refractivity contribution in [3.63, 3.8) is 0 Å². The van der Waals surface area contributed by atoms with Crippen molar-refractivity contribution in [1.29, 1.82) is 0 Å². The highest BCUT2D eigenvalue weighted by Gasteiger charge is 2.49. The third-order valence-corrected chi connectivity index (χ3v) is 7.75. The van der Waals surface area contributed by atoms with Gasteiger partial charge in [0.05, 0.1) is 23.5 Å². The van der Waals surface area contributed by atoms with Gasteiger partial charge in [0.15, 0.2) is 11.6 Å². The molecule has 192 valence electrons. The van der Waals surface area contributed by atoms with Gasteiger partial charge in [-0.05, 0) is 42.5 Å². The zero-order chi connectivity index (χ0) is 26.4. The van der Waals surface area contributed by atoms with Crippen molar-refractivity contribution in [2.75, 3.05) is 12.4 Å². The molecule has 0 radical (unpaired) electrons. The Bertz CT molecular complexity index is 1360. The maximum absolute atomic E-state index is 13.8. The summed E-state index contributed by atoms with van der Waals surface area (Å²) in [6.45, 7) is 0. The molecule has 1 fully saturated rings.